The lowest BCUT2D eigenvalue weighted by molar-refractivity contribution is 0.284. The number of halogens is 3. The molecule has 0 atom stereocenters. The molecular formula is C22H20BrCl2NO3. The van der Waals surface area contributed by atoms with Crippen LogP contribution in [0.3, 0.4) is 0 Å². The Kier molecular flexibility index (Phi) is 7.17. The van der Waals surface area contributed by atoms with E-state index in [2.05, 4.69) is 40.3 Å². The van der Waals surface area contributed by atoms with Crippen LogP contribution in [0, 0.1) is 6.92 Å². The minimum Gasteiger partial charge on any atom is -0.505 e. The van der Waals surface area contributed by atoms with Crippen molar-refractivity contribution in [3.05, 3.63) is 79.7 Å². The molecule has 7 heteroatoms. The Morgan fingerprint density at radius 2 is 1.66 bits per heavy atom. The predicted octanol–water partition coefficient (Wildman–Crippen LogP) is 6.97. The molecule has 4 nitrogen and oxygen atoms in total. The van der Waals surface area contributed by atoms with Gasteiger partial charge in [-0.05, 0) is 42.3 Å². The molecule has 0 aromatic heterocycles. The van der Waals surface area contributed by atoms with Gasteiger partial charge < -0.3 is 19.9 Å². The second kappa shape index (κ2) is 9.61. The van der Waals surface area contributed by atoms with Crippen LogP contribution < -0.4 is 14.8 Å². The van der Waals surface area contributed by atoms with Crippen LogP contribution in [0.15, 0.2) is 53.0 Å². The van der Waals surface area contributed by atoms with Crippen molar-refractivity contribution in [2.24, 2.45) is 0 Å². The van der Waals surface area contributed by atoms with Crippen LogP contribution in [0.4, 0.5) is 5.69 Å². The smallest absolute Gasteiger partial charge is 0.162 e. The Hall–Kier alpha value is -2.08. The first-order valence-corrected chi connectivity index (χ1v) is 10.4. The van der Waals surface area contributed by atoms with Crippen molar-refractivity contribution < 1.29 is 14.6 Å². The number of phenols is 1. The predicted molar refractivity (Wildman–Crippen MR) is 122 cm³/mol. The van der Waals surface area contributed by atoms with Crippen molar-refractivity contribution in [3.63, 3.8) is 0 Å². The van der Waals surface area contributed by atoms with Crippen LogP contribution in [-0.2, 0) is 13.2 Å². The molecule has 0 fully saturated rings. The third-order valence-electron chi connectivity index (χ3n) is 4.35. The molecule has 2 N–H and O–H groups in total. The first-order valence-electron chi connectivity index (χ1n) is 8.84. The number of methoxy groups -OCH3 is 1. The Labute approximate surface area is 188 Å². The number of ether oxygens (including phenoxy) is 2. The zero-order valence-electron chi connectivity index (χ0n) is 15.9. The molecule has 0 amide bonds. The van der Waals surface area contributed by atoms with Gasteiger partial charge in [0.1, 0.15) is 6.61 Å². The van der Waals surface area contributed by atoms with Crippen molar-refractivity contribution >= 4 is 44.8 Å². The summed E-state index contributed by atoms with van der Waals surface area (Å²) in [5.74, 6) is 1.16. The minimum absolute atomic E-state index is 0.128. The maximum Gasteiger partial charge on any atom is 0.162 e. The minimum atomic E-state index is -0.128. The Balaban J connectivity index is 1.73. The first kappa shape index (κ1) is 21.6. The number of anilines is 1. The number of hydrogen-bond donors (Lipinski definition) is 2. The summed E-state index contributed by atoms with van der Waals surface area (Å²) in [5.41, 5.74) is 3.95. The summed E-state index contributed by atoms with van der Waals surface area (Å²) in [4.78, 5) is 0. The second-order valence-electron chi connectivity index (χ2n) is 6.51. The average molecular weight is 497 g/mol. The molecule has 0 unspecified atom stereocenters. The normalized spacial score (nSPS) is 10.7. The molecule has 152 valence electrons. The van der Waals surface area contributed by atoms with Gasteiger partial charge in [-0.25, -0.2) is 0 Å². The van der Waals surface area contributed by atoms with Gasteiger partial charge >= 0.3 is 0 Å². The molecule has 0 aliphatic rings. The van der Waals surface area contributed by atoms with Gasteiger partial charge in [0.15, 0.2) is 17.2 Å². The highest BCUT2D eigenvalue weighted by Crippen LogP contribution is 2.36. The van der Waals surface area contributed by atoms with E-state index in [-0.39, 0.29) is 15.8 Å². The van der Waals surface area contributed by atoms with Crippen LogP contribution in [0.2, 0.25) is 10.0 Å². The van der Waals surface area contributed by atoms with E-state index >= 15 is 0 Å². The molecule has 3 aromatic carbocycles. The number of phenolic OH excluding ortho intramolecular Hbond substituents is 1. The van der Waals surface area contributed by atoms with E-state index < -0.39 is 0 Å². The highest BCUT2D eigenvalue weighted by molar-refractivity contribution is 9.10. The fourth-order valence-corrected chi connectivity index (χ4v) is 3.64. The molecule has 3 aromatic rings. The third-order valence-corrected chi connectivity index (χ3v) is 5.66. The zero-order valence-corrected chi connectivity index (χ0v) is 19.0. The summed E-state index contributed by atoms with van der Waals surface area (Å²) in [7, 11) is 1.61. The number of aryl methyl sites for hydroxylation is 1. The van der Waals surface area contributed by atoms with Gasteiger partial charge in [-0.2, -0.15) is 0 Å². The lowest BCUT2D eigenvalue weighted by atomic mass is 10.1. The molecule has 0 bridgehead atoms. The van der Waals surface area contributed by atoms with E-state index in [9.17, 15) is 5.11 Å². The van der Waals surface area contributed by atoms with Gasteiger partial charge in [0.2, 0.25) is 0 Å². The SMILES string of the molecule is COc1cc(CNc2cc(Cl)c(O)c(Cl)c2)c(Br)cc1OCc1ccc(C)cc1. The van der Waals surface area contributed by atoms with Crippen LogP contribution in [0.5, 0.6) is 17.2 Å². The van der Waals surface area contributed by atoms with Crippen molar-refractivity contribution in [2.45, 2.75) is 20.1 Å². The Morgan fingerprint density at radius 3 is 2.28 bits per heavy atom. The molecule has 3 rings (SSSR count). The Bertz CT molecular complexity index is 987. The van der Waals surface area contributed by atoms with E-state index in [1.165, 1.54) is 5.56 Å². The lowest BCUT2D eigenvalue weighted by Gasteiger charge is -2.15. The fourth-order valence-electron chi connectivity index (χ4n) is 2.70. The topological polar surface area (TPSA) is 50.7 Å². The maximum absolute atomic E-state index is 9.68. The number of aromatic hydroxyl groups is 1. The van der Waals surface area contributed by atoms with Crippen molar-refractivity contribution in [1.29, 1.82) is 0 Å². The molecule has 0 spiro atoms. The van der Waals surface area contributed by atoms with Crippen LogP contribution in [-0.4, -0.2) is 12.2 Å². The molecule has 0 aliphatic carbocycles. The molecule has 0 heterocycles. The standard InChI is InChI=1S/C22H20BrCl2NO3/c1-13-3-5-14(6-4-13)12-29-21-10-17(23)15(7-20(21)28-2)11-26-16-8-18(24)22(27)19(25)9-16/h3-10,26-27H,11-12H2,1-2H3. The molecular weight excluding hydrogens is 477 g/mol. The molecule has 0 radical (unpaired) electrons. The number of nitrogens with one attached hydrogen (secondary N) is 1. The fraction of sp³-hybridized carbons (Fsp3) is 0.182. The first-order chi connectivity index (χ1) is 13.9. The van der Waals surface area contributed by atoms with Crippen molar-refractivity contribution in [3.8, 4) is 17.2 Å². The number of hydrogen-bond acceptors (Lipinski definition) is 4. The average Bonchev–Trinajstić information content (AvgIpc) is 2.70. The monoisotopic (exact) mass is 495 g/mol. The quantitative estimate of drug-likeness (QED) is 0.347. The second-order valence-corrected chi connectivity index (χ2v) is 8.18. The number of benzene rings is 3. The van der Waals surface area contributed by atoms with Gasteiger partial charge in [0.25, 0.3) is 0 Å². The van der Waals surface area contributed by atoms with Crippen LogP contribution in [0.25, 0.3) is 0 Å². The van der Waals surface area contributed by atoms with Gasteiger partial charge in [0.05, 0.1) is 17.2 Å². The zero-order chi connectivity index (χ0) is 21.0. The van der Waals surface area contributed by atoms with E-state index in [0.717, 1.165) is 15.6 Å². The van der Waals surface area contributed by atoms with Crippen molar-refractivity contribution in [1.82, 2.24) is 0 Å². The Morgan fingerprint density at radius 1 is 1.00 bits per heavy atom. The lowest BCUT2D eigenvalue weighted by Crippen LogP contribution is -2.03. The van der Waals surface area contributed by atoms with E-state index in [0.29, 0.717) is 30.3 Å². The van der Waals surface area contributed by atoms with E-state index in [1.807, 2.05) is 24.3 Å². The third kappa shape index (κ3) is 5.50. The van der Waals surface area contributed by atoms with Crippen LogP contribution >= 0.6 is 39.1 Å². The van der Waals surface area contributed by atoms with E-state index in [1.54, 1.807) is 19.2 Å². The van der Waals surface area contributed by atoms with Gasteiger partial charge in [-0.15, -0.1) is 0 Å². The maximum atomic E-state index is 9.68. The van der Waals surface area contributed by atoms with Gasteiger partial charge in [-0.3, -0.25) is 0 Å². The molecule has 29 heavy (non-hydrogen) atoms. The largest absolute Gasteiger partial charge is 0.505 e. The summed E-state index contributed by atoms with van der Waals surface area (Å²) in [6, 6.07) is 15.2. The summed E-state index contributed by atoms with van der Waals surface area (Å²) in [6.45, 7) is 3.00. The van der Waals surface area contributed by atoms with Gasteiger partial charge in [0, 0.05) is 16.7 Å². The summed E-state index contributed by atoms with van der Waals surface area (Å²) in [5, 5.41) is 13.3. The molecule has 0 aliphatic heterocycles. The van der Waals surface area contributed by atoms with Crippen molar-refractivity contribution in [2.75, 3.05) is 12.4 Å². The number of rotatable bonds is 7. The highest BCUT2D eigenvalue weighted by atomic mass is 79.9. The highest BCUT2D eigenvalue weighted by Gasteiger charge is 2.12. The summed E-state index contributed by atoms with van der Waals surface area (Å²) < 4.78 is 12.3. The molecule has 0 saturated heterocycles. The molecule has 0 saturated carbocycles. The van der Waals surface area contributed by atoms with Crippen LogP contribution in [0.1, 0.15) is 16.7 Å². The van der Waals surface area contributed by atoms with Gasteiger partial charge in [-0.1, -0.05) is 69.0 Å². The summed E-state index contributed by atoms with van der Waals surface area (Å²) >= 11 is 15.5. The summed E-state index contributed by atoms with van der Waals surface area (Å²) in [6.07, 6.45) is 0. The van der Waals surface area contributed by atoms with E-state index in [4.69, 9.17) is 32.7 Å².